The summed E-state index contributed by atoms with van der Waals surface area (Å²) in [5.41, 5.74) is 1.03. The molecule has 2 fully saturated rings. The molecule has 2 aromatic rings. The summed E-state index contributed by atoms with van der Waals surface area (Å²) in [7, 11) is 1.80. The number of carbonyl (C=O) groups excluding carboxylic acids is 1. The number of nitrogens with zero attached hydrogens (tertiary/aromatic N) is 4. The zero-order valence-corrected chi connectivity index (χ0v) is 17.7. The number of hydrogen-bond acceptors (Lipinski definition) is 3. The van der Waals surface area contributed by atoms with Crippen LogP contribution in [0.5, 0.6) is 0 Å². The van der Waals surface area contributed by atoms with Crippen molar-refractivity contribution in [2.45, 2.75) is 70.9 Å². The lowest BCUT2D eigenvalue weighted by Gasteiger charge is -2.51. The molecule has 0 radical (unpaired) electrons. The third-order valence-electron chi connectivity index (χ3n) is 6.93. The van der Waals surface area contributed by atoms with Crippen molar-refractivity contribution in [1.29, 1.82) is 5.26 Å². The average Bonchev–Trinajstić information content (AvgIpc) is 2.99. The second-order valence-electron chi connectivity index (χ2n) is 9.47. The Bertz CT molecular complexity index is 991. The van der Waals surface area contributed by atoms with Gasteiger partial charge in [-0.05, 0) is 57.6 Å². The minimum atomic E-state index is -0.349. The van der Waals surface area contributed by atoms with Crippen LogP contribution in [0, 0.1) is 28.5 Å². The van der Waals surface area contributed by atoms with E-state index in [1.165, 1.54) is 6.07 Å². The van der Waals surface area contributed by atoms with Gasteiger partial charge in [-0.25, -0.2) is 4.39 Å². The van der Waals surface area contributed by atoms with E-state index in [1.54, 1.807) is 17.8 Å². The van der Waals surface area contributed by atoms with E-state index in [2.05, 4.69) is 18.1 Å². The maximum Gasteiger partial charge on any atom is 0.223 e. The van der Waals surface area contributed by atoms with Gasteiger partial charge in [-0.2, -0.15) is 10.4 Å². The van der Waals surface area contributed by atoms with E-state index in [9.17, 15) is 14.4 Å². The Morgan fingerprint density at radius 2 is 2.17 bits per heavy atom. The van der Waals surface area contributed by atoms with E-state index >= 15 is 0 Å². The van der Waals surface area contributed by atoms with Gasteiger partial charge in [0.25, 0.3) is 0 Å². The number of hydrogen-bond donors (Lipinski definition) is 0. The predicted molar refractivity (Wildman–Crippen MR) is 109 cm³/mol. The molecule has 0 spiro atoms. The van der Waals surface area contributed by atoms with Crippen molar-refractivity contribution < 1.29 is 9.18 Å². The van der Waals surface area contributed by atoms with Gasteiger partial charge in [0.1, 0.15) is 5.82 Å². The molecule has 0 N–H and O–H groups in total. The second kappa shape index (κ2) is 7.12. The van der Waals surface area contributed by atoms with Gasteiger partial charge in [0, 0.05) is 31.5 Å². The minimum Gasteiger partial charge on any atom is -0.337 e. The molecule has 5 nitrogen and oxygen atoms in total. The first-order chi connectivity index (χ1) is 13.7. The predicted octanol–water partition coefficient (Wildman–Crippen LogP) is 4.53. The number of piperidine rings is 1. The van der Waals surface area contributed by atoms with Crippen LogP contribution in [0.4, 0.5) is 4.39 Å². The highest BCUT2D eigenvalue weighted by molar-refractivity contribution is 5.84. The third-order valence-corrected chi connectivity index (χ3v) is 6.93. The Morgan fingerprint density at radius 3 is 2.90 bits per heavy atom. The number of aryl methyl sites for hydroxylation is 1. The van der Waals surface area contributed by atoms with Gasteiger partial charge in [-0.3, -0.25) is 9.48 Å². The van der Waals surface area contributed by atoms with Gasteiger partial charge in [0.2, 0.25) is 5.91 Å². The van der Waals surface area contributed by atoms with Crippen LogP contribution in [-0.4, -0.2) is 32.7 Å². The zero-order chi connectivity index (χ0) is 20.9. The molecular formula is C23H29FN4O. The molecule has 29 heavy (non-hydrogen) atoms. The van der Waals surface area contributed by atoms with Gasteiger partial charge in [-0.15, -0.1) is 0 Å². The molecule has 1 aliphatic carbocycles. The summed E-state index contributed by atoms with van der Waals surface area (Å²) in [6.45, 7) is 6.09. The van der Waals surface area contributed by atoms with E-state index in [-0.39, 0.29) is 35.1 Å². The molecule has 154 valence electrons. The summed E-state index contributed by atoms with van der Waals surface area (Å²) >= 11 is 0. The summed E-state index contributed by atoms with van der Waals surface area (Å²) in [6, 6.07) is 7.76. The summed E-state index contributed by atoms with van der Waals surface area (Å²) in [6.07, 6.45) is 3.92. The van der Waals surface area contributed by atoms with Gasteiger partial charge in [0.05, 0.1) is 28.1 Å². The quantitative estimate of drug-likeness (QED) is 0.766. The van der Waals surface area contributed by atoms with Crippen LogP contribution in [0.3, 0.4) is 0 Å². The van der Waals surface area contributed by atoms with E-state index in [1.807, 2.05) is 24.8 Å². The fourth-order valence-electron chi connectivity index (χ4n) is 5.79. The Hall–Kier alpha value is -2.42. The van der Waals surface area contributed by atoms with Crippen LogP contribution in [0.15, 0.2) is 18.2 Å². The van der Waals surface area contributed by atoms with Crippen molar-refractivity contribution in [3.8, 4) is 6.07 Å². The van der Waals surface area contributed by atoms with Gasteiger partial charge >= 0.3 is 0 Å². The molecule has 2 bridgehead atoms. The maximum atomic E-state index is 14.5. The minimum absolute atomic E-state index is 0.0887. The van der Waals surface area contributed by atoms with Crippen LogP contribution in [0.1, 0.15) is 64.5 Å². The Kier molecular flexibility index (Phi) is 4.88. The molecule has 2 aliphatic rings. The molecule has 1 aliphatic heterocycles. The largest absolute Gasteiger partial charge is 0.337 e. The Morgan fingerprint density at radius 1 is 1.41 bits per heavy atom. The zero-order valence-electron chi connectivity index (χ0n) is 17.7. The van der Waals surface area contributed by atoms with Crippen molar-refractivity contribution in [3.63, 3.8) is 0 Å². The topological polar surface area (TPSA) is 61.9 Å². The number of aromatic nitrogens is 2. The van der Waals surface area contributed by atoms with E-state index in [4.69, 9.17) is 0 Å². The van der Waals surface area contributed by atoms with Gasteiger partial charge < -0.3 is 4.90 Å². The summed E-state index contributed by atoms with van der Waals surface area (Å²) in [4.78, 5) is 15.4. The number of rotatable bonds is 3. The van der Waals surface area contributed by atoms with Gasteiger partial charge in [0.15, 0.2) is 0 Å². The number of benzene rings is 1. The monoisotopic (exact) mass is 396 g/mol. The van der Waals surface area contributed by atoms with Crippen LogP contribution in [0.25, 0.3) is 10.9 Å². The van der Waals surface area contributed by atoms with Crippen LogP contribution < -0.4 is 0 Å². The number of likely N-dealkylation sites (tertiary alicyclic amines) is 1. The molecule has 1 aromatic heterocycles. The standard InChI is InChI=1S/C23H29FN4O/c1-14(22-21-18(24)6-5-7-19(21)27(4)26-22)8-20(29)28-15(2)9-16-10-17(28)12-23(3,11-16)13-25/h5-7,14-17H,8-12H2,1-4H3. The van der Waals surface area contributed by atoms with Crippen molar-refractivity contribution >= 4 is 16.8 Å². The molecule has 6 heteroatoms. The molecule has 5 unspecified atom stereocenters. The van der Waals surface area contributed by atoms with Crippen LogP contribution in [-0.2, 0) is 11.8 Å². The third kappa shape index (κ3) is 3.41. The fraction of sp³-hybridized carbons (Fsp3) is 0.609. The van der Waals surface area contributed by atoms with Gasteiger partial charge in [-0.1, -0.05) is 13.0 Å². The normalized spacial score (nSPS) is 30.2. The lowest BCUT2D eigenvalue weighted by molar-refractivity contribution is -0.142. The molecule has 2 heterocycles. The highest BCUT2D eigenvalue weighted by Gasteiger charge is 2.46. The Labute approximate surface area is 171 Å². The molecule has 1 saturated carbocycles. The summed E-state index contributed by atoms with van der Waals surface area (Å²) < 4.78 is 16.2. The molecule has 4 rings (SSSR count). The highest BCUT2D eigenvalue weighted by atomic mass is 19.1. The number of fused-ring (bicyclic) bond motifs is 3. The fourth-order valence-corrected chi connectivity index (χ4v) is 5.79. The molecule has 1 aromatic carbocycles. The smallest absolute Gasteiger partial charge is 0.223 e. The summed E-state index contributed by atoms with van der Waals surface area (Å²) in [5.74, 6) is 0.129. The molecular weight excluding hydrogens is 367 g/mol. The van der Waals surface area contributed by atoms with Crippen LogP contribution >= 0.6 is 0 Å². The van der Waals surface area contributed by atoms with Crippen LogP contribution in [0.2, 0.25) is 0 Å². The van der Waals surface area contributed by atoms with Crippen molar-refractivity contribution in [2.24, 2.45) is 18.4 Å². The number of amides is 1. The maximum absolute atomic E-state index is 14.5. The molecule has 5 atom stereocenters. The van der Waals surface area contributed by atoms with E-state index in [0.717, 1.165) is 31.2 Å². The first-order valence-electron chi connectivity index (χ1n) is 10.6. The van der Waals surface area contributed by atoms with E-state index < -0.39 is 0 Å². The molecule has 1 saturated heterocycles. The molecule has 1 amide bonds. The highest BCUT2D eigenvalue weighted by Crippen LogP contribution is 2.46. The first-order valence-corrected chi connectivity index (χ1v) is 10.6. The van der Waals surface area contributed by atoms with Crippen molar-refractivity contribution in [1.82, 2.24) is 14.7 Å². The SMILES string of the molecule is CC(CC(=O)N1C(C)CC2CC1CC(C)(C#N)C2)c1nn(C)c2cccc(F)c12. The first kappa shape index (κ1) is 19.9. The van der Waals surface area contributed by atoms with E-state index in [0.29, 0.717) is 23.4 Å². The average molecular weight is 397 g/mol. The van der Waals surface area contributed by atoms with Crippen molar-refractivity contribution in [2.75, 3.05) is 0 Å². The summed E-state index contributed by atoms with van der Waals surface area (Å²) in [5, 5.41) is 14.7. The number of halogens is 1. The second-order valence-corrected chi connectivity index (χ2v) is 9.47. The lowest BCUT2D eigenvalue weighted by atomic mass is 9.65. The van der Waals surface area contributed by atoms with Crippen molar-refractivity contribution in [3.05, 3.63) is 29.7 Å². The number of carbonyl (C=O) groups is 1. The number of nitriles is 1. The lowest BCUT2D eigenvalue weighted by Crippen LogP contribution is -2.55. The Balaban J connectivity index is 1.57.